The van der Waals surface area contributed by atoms with Crippen LogP contribution in [0.25, 0.3) is 0 Å². The van der Waals surface area contributed by atoms with E-state index in [-0.39, 0.29) is 23.8 Å². The quantitative estimate of drug-likeness (QED) is 0.201. The van der Waals surface area contributed by atoms with Crippen LogP contribution in [0, 0.1) is 17.5 Å². The van der Waals surface area contributed by atoms with Gasteiger partial charge in [0.05, 0.1) is 5.92 Å². The second-order valence-corrected chi connectivity index (χ2v) is 8.95. The Morgan fingerprint density at radius 1 is 0.931 bits per heavy atom. The average molecular weight is 448 g/mol. The van der Waals surface area contributed by atoms with E-state index in [9.17, 15) is 37.4 Å². The first-order valence-electron chi connectivity index (χ1n) is 7.93. The monoisotopic (exact) mass is 448 g/mol. The zero-order chi connectivity index (χ0) is 22.4. The highest BCUT2D eigenvalue weighted by atomic mass is 32.5. The number of nitrogens with two attached hydrogens (primary N) is 1. The lowest BCUT2D eigenvalue weighted by atomic mass is 9.81. The smallest absolute Gasteiger partial charge is 0.283 e. The molecule has 2 rings (SSSR count). The fraction of sp³-hybridized carbons (Fsp3) is 0.235. The molecule has 12 heteroatoms. The van der Waals surface area contributed by atoms with Gasteiger partial charge in [-0.25, -0.2) is 19.0 Å². The van der Waals surface area contributed by atoms with Gasteiger partial charge in [-0.3, -0.25) is 9.80 Å². The standard InChI is InChI=1S/C17H16F8N2OS/c1-9(12-7-14(19)15(20)8-13(12)18)16(17(28)27(2)26)10-3-5-11(6-4-10)29(21,22,23,24)25/h3-9,16H,26H2,1-2H3/t9-,16-/m0/s1. The van der Waals surface area contributed by atoms with E-state index in [1.165, 1.54) is 6.92 Å². The fourth-order valence-electron chi connectivity index (χ4n) is 2.86. The molecule has 2 N–H and O–H groups in total. The van der Waals surface area contributed by atoms with E-state index >= 15 is 0 Å². The molecular weight excluding hydrogens is 432 g/mol. The van der Waals surface area contributed by atoms with Crippen LogP contribution in [-0.4, -0.2) is 18.0 Å². The summed E-state index contributed by atoms with van der Waals surface area (Å²) in [5.74, 6) is -2.30. The van der Waals surface area contributed by atoms with Crippen LogP contribution < -0.4 is 5.84 Å². The van der Waals surface area contributed by atoms with E-state index in [4.69, 9.17) is 5.84 Å². The molecule has 2 aromatic carbocycles. The van der Waals surface area contributed by atoms with Crippen molar-refractivity contribution in [1.29, 1.82) is 0 Å². The SMILES string of the molecule is C[C@@H](c1cc(F)c(F)cc1F)[C@H](C(=O)N(C)N)c1ccc(S(F)(F)(F)(F)F)cc1. The number of hydrogen-bond donors (Lipinski definition) is 1. The second-order valence-electron chi connectivity index (χ2n) is 6.54. The van der Waals surface area contributed by atoms with Gasteiger partial charge in [-0.05, 0) is 35.2 Å². The minimum atomic E-state index is -9.94. The van der Waals surface area contributed by atoms with Crippen molar-refractivity contribution >= 4 is 16.1 Å². The molecule has 0 saturated carbocycles. The summed E-state index contributed by atoms with van der Waals surface area (Å²) in [5, 5.41) is 0.567. The number of hydrogen-bond acceptors (Lipinski definition) is 2. The van der Waals surface area contributed by atoms with Gasteiger partial charge in [0.1, 0.15) is 10.7 Å². The Balaban J connectivity index is 2.58. The molecule has 0 heterocycles. The van der Waals surface area contributed by atoms with E-state index in [0.717, 1.165) is 7.05 Å². The summed E-state index contributed by atoms with van der Waals surface area (Å²) in [4.78, 5) is 10.3. The van der Waals surface area contributed by atoms with Gasteiger partial charge in [-0.2, -0.15) is 0 Å². The Morgan fingerprint density at radius 2 is 1.41 bits per heavy atom. The number of carbonyl (C=O) groups excluding carboxylic acids is 1. The molecule has 0 aliphatic heterocycles. The Kier molecular flexibility index (Phi) is 5.21. The third kappa shape index (κ3) is 4.99. The van der Waals surface area contributed by atoms with Crippen molar-refractivity contribution in [2.45, 2.75) is 23.7 Å². The first-order valence-corrected chi connectivity index (χ1v) is 9.88. The van der Waals surface area contributed by atoms with Crippen LogP contribution >= 0.6 is 10.2 Å². The molecule has 0 spiro atoms. The van der Waals surface area contributed by atoms with Crippen LogP contribution in [0.3, 0.4) is 0 Å². The third-order valence-corrected chi connectivity index (χ3v) is 5.49. The Bertz CT molecular complexity index is 945. The van der Waals surface area contributed by atoms with Gasteiger partial charge in [0.25, 0.3) is 0 Å². The van der Waals surface area contributed by atoms with Crippen molar-refractivity contribution in [1.82, 2.24) is 5.01 Å². The number of benzene rings is 2. The maximum Gasteiger partial charge on any atom is 0.310 e. The molecule has 2 aromatic rings. The summed E-state index contributed by atoms with van der Waals surface area (Å²) in [5.41, 5.74) is -0.643. The van der Waals surface area contributed by atoms with Gasteiger partial charge in [-0.1, -0.05) is 38.5 Å². The molecule has 0 aromatic heterocycles. The highest BCUT2D eigenvalue weighted by Crippen LogP contribution is 3.02. The number of nitrogens with zero attached hydrogens (tertiary/aromatic N) is 1. The third-order valence-electron chi connectivity index (χ3n) is 4.33. The maximum absolute atomic E-state index is 14.1. The highest BCUT2D eigenvalue weighted by Gasteiger charge is 2.65. The molecule has 2 atom stereocenters. The predicted octanol–water partition coefficient (Wildman–Crippen LogP) is 5.98. The number of likely N-dealkylation sites (N-methyl/N-ethyl adjacent to an activating group) is 1. The molecule has 29 heavy (non-hydrogen) atoms. The number of hydrazine groups is 1. The van der Waals surface area contributed by atoms with Crippen molar-refractivity contribution in [2.24, 2.45) is 5.84 Å². The van der Waals surface area contributed by atoms with Crippen molar-refractivity contribution in [3.8, 4) is 0 Å². The lowest BCUT2D eigenvalue weighted by Crippen LogP contribution is -2.39. The van der Waals surface area contributed by atoms with Crippen LogP contribution in [0.15, 0.2) is 41.3 Å². The lowest BCUT2D eigenvalue weighted by molar-refractivity contribution is -0.132. The Labute approximate surface area is 160 Å². The average Bonchev–Trinajstić information content (AvgIpc) is 2.56. The van der Waals surface area contributed by atoms with E-state index in [0.29, 0.717) is 23.2 Å². The molecule has 0 radical (unpaired) electrons. The molecule has 0 aliphatic rings. The summed E-state index contributed by atoms with van der Waals surface area (Å²) in [6.07, 6.45) is 0. The molecular formula is C17H16F8N2OS. The largest absolute Gasteiger partial charge is 0.310 e. The molecule has 0 saturated heterocycles. The van der Waals surface area contributed by atoms with Crippen LogP contribution in [0.1, 0.15) is 29.9 Å². The molecule has 0 fully saturated rings. The van der Waals surface area contributed by atoms with E-state index in [1.54, 1.807) is 0 Å². The van der Waals surface area contributed by atoms with Gasteiger partial charge >= 0.3 is 10.2 Å². The fourth-order valence-corrected chi connectivity index (χ4v) is 3.51. The van der Waals surface area contributed by atoms with Crippen LogP contribution in [0.2, 0.25) is 0 Å². The first-order chi connectivity index (χ1) is 12.9. The summed E-state index contributed by atoms with van der Waals surface area (Å²) in [7, 11) is -8.83. The van der Waals surface area contributed by atoms with Gasteiger partial charge in [0.2, 0.25) is 5.91 Å². The van der Waals surface area contributed by atoms with E-state index in [2.05, 4.69) is 0 Å². The van der Waals surface area contributed by atoms with Crippen molar-refractivity contribution in [3.05, 3.63) is 65.0 Å². The number of amides is 1. The Morgan fingerprint density at radius 3 is 1.86 bits per heavy atom. The molecule has 3 nitrogen and oxygen atoms in total. The molecule has 0 aliphatic carbocycles. The van der Waals surface area contributed by atoms with Crippen LogP contribution in [0.4, 0.5) is 32.6 Å². The zero-order valence-electron chi connectivity index (χ0n) is 15.0. The highest BCUT2D eigenvalue weighted by molar-refractivity contribution is 8.45. The summed E-state index contributed by atoms with van der Waals surface area (Å²) >= 11 is 0. The van der Waals surface area contributed by atoms with Gasteiger partial charge in [0, 0.05) is 13.1 Å². The number of rotatable bonds is 5. The first kappa shape index (κ1) is 22.9. The summed E-state index contributed by atoms with van der Waals surface area (Å²) in [6.45, 7) is 1.24. The van der Waals surface area contributed by atoms with Crippen LogP contribution in [-0.2, 0) is 4.79 Å². The van der Waals surface area contributed by atoms with Crippen molar-refractivity contribution in [2.75, 3.05) is 7.05 Å². The maximum atomic E-state index is 14.1. The van der Waals surface area contributed by atoms with Gasteiger partial charge < -0.3 is 0 Å². The molecule has 0 bridgehead atoms. The summed E-state index contributed by atoms with van der Waals surface area (Å²) < 4.78 is 105. The minimum absolute atomic E-state index is 0.0992. The molecule has 162 valence electrons. The Hall–Kier alpha value is -2.34. The predicted molar refractivity (Wildman–Crippen MR) is 92.3 cm³/mol. The van der Waals surface area contributed by atoms with E-state index < -0.39 is 55.9 Å². The van der Waals surface area contributed by atoms with E-state index in [1.807, 2.05) is 0 Å². The minimum Gasteiger partial charge on any atom is -0.283 e. The number of carbonyl (C=O) groups is 1. The number of halogens is 8. The van der Waals surface area contributed by atoms with Crippen molar-refractivity contribution in [3.63, 3.8) is 0 Å². The van der Waals surface area contributed by atoms with Gasteiger partial charge in [-0.15, -0.1) is 0 Å². The second kappa shape index (κ2) is 6.59. The van der Waals surface area contributed by atoms with Crippen LogP contribution in [0.5, 0.6) is 0 Å². The zero-order valence-corrected chi connectivity index (χ0v) is 15.8. The normalized spacial score (nSPS) is 16.5. The lowest BCUT2D eigenvalue weighted by Gasteiger charge is -2.40. The summed E-state index contributed by atoms with van der Waals surface area (Å²) in [6, 6.07) is 2.23. The van der Waals surface area contributed by atoms with Crippen molar-refractivity contribution < 1.29 is 37.4 Å². The molecule has 0 unspecified atom stereocenters. The molecule has 1 amide bonds. The van der Waals surface area contributed by atoms with Gasteiger partial charge in [0.15, 0.2) is 11.6 Å². The topological polar surface area (TPSA) is 46.3 Å².